The fourth-order valence-electron chi connectivity index (χ4n) is 2.14. The van der Waals surface area contributed by atoms with Gasteiger partial charge >= 0.3 is 0 Å². The molecule has 1 heterocycles. The number of nitrogens with one attached hydrogen (secondary N) is 2. The highest BCUT2D eigenvalue weighted by Gasteiger charge is 2.22. The van der Waals surface area contributed by atoms with Crippen LogP contribution in [-0.2, 0) is 11.3 Å². The van der Waals surface area contributed by atoms with Crippen LogP contribution in [0.3, 0.4) is 0 Å². The van der Waals surface area contributed by atoms with Gasteiger partial charge in [-0.25, -0.2) is 0 Å². The van der Waals surface area contributed by atoms with Gasteiger partial charge in [-0.15, -0.1) is 0 Å². The van der Waals surface area contributed by atoms with E-state index in [1.54, 1.807) is 7.11 Å². The minimum atomic E-state index is 0.0428. The largest absolute Gasteiger partial charge is 0.493 e. The monoisotopic (exact) mass is 274 g/mol. The Balaban J connectivity index is 1.58. The highest BCUT2D eigenvalue weighted by molar-refractivity contribution is 5.83. The Kier molecular flexibility index (Phi) is 3.60. The molecular formula is C15H18N2O3. The number of benzene rings is 1. The lowest BCUT2D eigenvalue weighted by atomic mass is 10.2. The van der Waals surface area contributed by atoms with E-state index in [1.807, 2.05) is 24.3 Å². The summed E-state index contributed by atoms with van der Waals surface area (Å²) in [5, 5.41) is 7.02. The van der Waals surface area contributed by atoms with Gasteiger partial charge < -0.3 is 19.8 Å². The molecule has 0 radical (unpaired) electrons. The molecule has 3 rings (SSSR count). The first-order valence-electron chi connectivity index (χ1n) is 6.82. The lowest BCUT2D eigenvalue weighted by Gasteiger charge is -2.03. The second kappa shape index (κ2) is 5.54. The Morgan fingerprint density at radius 2 is 2.30 bits per heavy atom. The molecule has 0 spiro atoms. The summed E-state index contributed by atoms with van der Waals surface area (Å²) in [5.41, 5.74) is 0.745. The maximum atomic E-state index is 11.5. The summed E-state index contributed by atoms with van der Waals surface area (Å²) >= 11 is 0. The van der Waals surface area contributed by atoms with Crippen molar-refractivity contribution in [3.05, 3.63) is 30.0 Å². The number of methoxy groups -OCH3 is 1. The quantitative estimate of drug-likeness (QED) is 0.843. The Hall–Kier alpha value is -2.01. The van der Waals surface area contributed by atoms with Crippen molar-refractivity contribution in [2.75, 3.05) is 13.7 Å². The number of furan rings is 1. The van der Waals surface area contributed by atoms with Crippen molar-refractivity contribution in [3.63, 3.8) is 0 Å². The van der Waals surface area contributed by atoms with Gasteiger partial charge in [0.25, 0.3) is 0 Å². The van der Waals surface area contributed by atoms with Crippen LogP contribution in [0.4, 0.5) is 0 Å². The van der Waals surface area contributed by atoms with Crippen LogP contribution < -0.4 is 15.4 Å². The fraction of sp³-hybridized carbons (Fsp3) is 0.400. The third-order valence-electron chi connectivity index (χ3n) is 3.31. The van der Waals surface area contributed by atoms with E-state index in [-0.39, 0.29) is 5.91 Å². The Bertz CT molecular complexity index is 617. The molecule has 0 unspecified atom stereocenters. The van der Waals surface area contributed by atoms with E-state index in [2.05, 4.69) is 10.6 Å². The summed E-state index contributed by atoms with van der Waals surface area (Å²) in [5.74, 6) is 1.56. The van der Waals surface area contributed by atoms with Gasteiger partial charge in [0.15, 0.2) is 11.3 Å². The number of fused-ring (bicyclic) bond motifs is 1. The first-order valence-corrected chi connectivity index (χ1v) is 6.82. The maximum Gasteiger partial charge on any atom is 0.234 e. The number of amides is 1. The summed E-state index contributed by atoms with van der Waals surface area (Å²) in [6.07, 6.45) is 2.21. The standard InChI is InChI=1S/C15H18N2O3/c1-19-13-4-2-3-10-7-12(20-15(10)13)8-16-9-14(18)17-11-5-6-11/h2-4,7,11,16H,5-6,8-9H2,1H3,(H,17,18). The van der Waals surface area contributed by atoms with Crippen molar-refractivity contribution in [1.29, 1.82) is 0 Å². The number of ether oxygens (including phenoxy) is 1. The van der Waals surface area contributed by atoms with Crippen LogP contribution in [0.2, 0.25) is 0 Å². The molecule has 5 nitrogen and oxygen atoms in total. The molecule has 2 aromatic rings. The van der Waals surface area contributed by atoms with Gasteiger partial charge in [0.2, 0.25) is 5.91 Å². The number of hydrogen-bond acceptors (Lipinski definition) is 4. The number of para-hydroxylation sites is 1. The van der Waals surface area contributed by atoms with Gasteiger partial charge in [-0.1, -0.05) is 12.1 Å². The predicted octanol–water partition coefficient (Wildman–Crippen LogP) is 1.81. The van der Waals surface area contributed by atoms with Gasteiger partial charge in [-0.05, 0) is 25.0 Å². The summed E-state index contributed by atoms with van der Waals surface area (Å²) in [7, 11) is 1.62. The SMILES string of the molecule is COc1cccc2cc(CNCC(=O)NC3CC3)oc12. The minimum absolute atomic E-state index is 0.0428. The van der Waals surface area contributed by atoms with Gasteiger partial charge in [0, 0.05) is 11.4 Å². The third-order valence-corrected chi connectivity index (χ3v) is 3.31. The lowest BCUT2D eigenvalue weighted by molar-refractivity contribution is -0.120. The van der Waals surface area contributed by atoms with E-state index in [4.69, 9.17) is 9.15 Å². The molecule has 2 N–H and O–H groups in total. The van der Waals surface area contributed by atoms with Crippen LogP contribution in [0.5, 0.6) is 5.75 Å². The molecule has 5 heteroatoms. The number of carbonyl (C=O) groups excluding carboxylic acids is 1. The summed E-state index contributed by atoms with van der Waals surface area (Å²) < 4.78 is 11.0. The van der Waals surface area contributed by atoms with E-state index >= 15 is 0 Å². The van der Waals surface area contributed by atoms with Crippen LogP contribution in [0, 0.1) is 0 Å². The Morgan fingerprint density at radius 1 is 1.45 bits per heavy atom. The number of rotatable bonds is 6. The average molecular weight is 274 g/mol. The molecule has 0 bridgehead atoms. The van der Waals surface area contributed by atoms with Crippen molar-refractivity contribution in [2.24, 2.45) is 0 Å². The van der Waals surface area contributed by atoms with E-state index in [9.17, 15) is 4.79 Å². The van der Waals surface area contributed by atoms with Gasteiger partial charge in [-0.3, -0.25) is 4.79 Å². The first-order chi connectivity index (χ1) is 9.76. The van der Waals surface area contributed by atoms with Crippen molar-refractivity contribution in [2.45, 2.75) is 25.4 Å². The van der Waals surface area contributed by atoms with Gasteiger partial charge in [0.05, 0.1) is 20.2 Å². The molecule has 1 saturated carbocycles. The highest BCUT2D eigenvalue weighted by atomic mass is 16.5. The molecular weight excluding hydrogens is 256 g/mol. The molecule has 1 aliphatic rings. The average Bonchev–Trinajstić information content (AvgIpc) is 3.15. The van der Waals surface area contributed by atoms with Crippen LogP contribution in [0.25, 0.3) is 11.0 Å². The molecule has 20 heavy (non-hydrogen) atoms. The summed E-state index contributed by atoms with van der Waals surface area (Å²) in [4.78, 5) is 11.5. The van der Waals surface area contributed by atoms with Crippen LogP contribution in [0.1, 0.15) is 18.6 Å². The second-order valence-corrected chi connectivity index (χ2v) is 5.04. The van der Waals surface area contributed by atoms with Gasteiger partial charge in [0.1, 0.15) is 5.76 Å². The topological polar surface area (TPSA) is 63.5 Å². The number of hydrogen-bond donors (Lipinski definition) is 2. The predicted molar refractivity (Wildman–Crippen MR) is 75.6 cm³/mol. The van der Waals surface area contributed by atoms with E-state index in [0.717, 1.165) is 35.3 Å². The highest BCUT2D eigenvalue weighted by Crippen LogP contribution is 2.28. The van der Waals surface area contributed by atoms with Crippen LogP contribution in [-0.4, -0.2) is 25.6 Å². The zero-order valence-corrected chi connectivity index (χ0v) is 11.4. The van der Waals surface area contributed by atoms with Crippen LogP contribution >= 0.6 is 0 Å². The molecule has 106 valence electrons. The van der Waals surface area contributed by atoms with Crippen molar-refractivity contribution < 1.29 is 13.9 Å². The van der Waals surface area contributed by atoms with Crippen molar-refractivity contribution >= 4 is 16.9 Å². The number of carbonyl (C=O) groups is 1. The summed E-state index contributed by atoms with van der Waals surface area (Å²) in [6, 6.07) is 8.14. The van der Waals surface area contributed by atoms with Crippen molar-refractivity contribution in [3.8, 4) is 5.75 Å². The Morgan fingerprint density at radius 3 is 3.05 bits per heavy atom. The molecule has 1 aromatic carbocycles. The molecule has 1 amide bonds. The third kappa shape index (κ3) is 2.93. The molecule has 0 saturated heterocycles. The zero-order valence-electron chi connectivity index (χ0n) is 11.4. The molecule has 1 aromatic heterocycles. The smallest absolute Gasteiger partial charge is 0.234 e. The van der Waals surface area contributed by atoms with E-state index < -0.39 is 0 Å². The zero-order chi connectivity index (χ0) is 13.9. The van der Waals surface area contributed by atoms with E-state index in [0.29, 0.717) is 19.1 Å². The fourth-order valence-corrected chi connectivity index (χ4v) is 2.14. The molecule has 1 aliphatic carbocycles. The van der Waals surface area contributed by atoms with Gasteiger partial charge in [-0.2, -0.15) is 0 Å². The molecule has 0 aliphatic heterocycles. The maximum absolute atomic E-state index is 11.5. The molecule has 1 fully saturated rings. The van der Waals surface area contributed by atoms with Crippen molar-refractivity contribution in [1.82, 2.24) is 10.6 Å². The lowest BCUT2D eigenvalue weighted by Crippen LogP contribution is -2.34. The second-order valence-electron chi connectivity index (χ2n) is 5.04. The normalized spacial score (nSPS) is 14.4. The Labute approximate surface area is 117 Å². The summed E-state index contributed by atoms with van der Waals surface area (Å²) in [6.45, 7) is 0.834. The molecule has 0 atom stereocenters. The minimum Gasteiger partial charge on any atom is -0.493 e. The van der Waals surface area contributed by atoms with E-state index in [1.165, 1.54) is 0 Å². The first kappa shape index (κ1) is 13.0. The van der Waals surface area contributed by atoms with Crippen LogP contribution in [0.15, 0.2) is 28.7 Å².